The molecule has 0 aromatic heterocycles. The van der Waals surface area contributed by atoms with Crippen LogP contribution in [0.4, 0.5) is 4.79 Å². The molecule has 0 spiro atoms. The van der Waals surface area contributed by atoms with Gasteiger partial charge in [0, 0.05) is 13.1 Å². The van der Waals surface area contributed by atoms with E-state index in [-0.39, 0.29) is 18.6 Å². The van der Waals surface area contributed by atoms with Crippen LogP contribution < -0.4 is 4.74 Å². The van der Waals surface area contributed by atoms with Gasteiger partial charge >= 0.3 is 0 Å². The number of ether oxygens (including phenoxy) is 1. The van der Waals surface area contributed by atoms with Crippen molar-refractivity contribution in [1.29, 1.82) is 0 Å². The summed E-state index contributed by atoms with van der Waals surface area (Å²) in [5, 5.41) is -0.393. The Morgan fingerprint density at radius 1 is 1.22 bits per heavy atom. The summed E-state index contributed by atoms with van der Waals surface area (Å²) in [6, 6.07) is 7.39. The Balaban J connectivity index is 1.65. The number of hydrogen-bond acceptors (Lipinski definition) is 5. The lowest BCUT2D eigenvalue weighted by Crippen LogP contribution is -2.40. The van der Waals surface area contributed by atoms with Crippen LogP contribution in [0.5, 0.6) is 5.75 Å². The van der Waals surface area contributed by atoms with E-state index in [0.717, 1.165) is 47.2 Å². The Morgan fingerprint density at radius 2 is 1.89 bits per heavy atom. The van der Waals surface area contributed by atoms with E-state index in [2.05, 4.69) is 6.92 Å². The second-order valence-corrected chi connectivity index (χ2v) is 7.75. The summed E-state index contributed by atoms with van der Waals surface area (Å²) >= 11 is 0.876. The van der Waals surface area contributed by atoms with Crippen molar-refractivity contribution in [2.75, 3.05) is 19.6 Å². The lowest BCUT2D eigenvalue weighted by molar-refractivity contribution is -0.135. The van der Waals surface area contributed by atoms with Gasteiger partial charge in [0.2, 0.25) is 5.91 Å². The largest absolute Gasteiger partial charge is 0.491 e. The highest BCUT2D eigenvalue weighted by molar-refractivity contribution is 8.18. The van der Waals surface area contributed by atoms with Crippen LogP contribution in [-0.2, 0) is 9.59 Å². The summed E-state index contributed by atoms with van der Waals surface area (Å²) in [6.07, 6.45) is 4.69. The van der Waals surface area contributed by atoms with E-state index in [0.29, 0.717) is 18.0 Å². The van der Waals surface area contributed by atoms with Gasteiger partial charge in [0.05, 0.1) is 11.0 Å². The molecule has 0 bridgehead atoms. The minimum absolute atomic E-state index is 0.139. The average Bonchev–Trinajstić information content (AvgIpc) is 3.28. The van der Waals surface area contributed by atoms with Crippen molar-refractivity contribution in [1.82, 2.24) is 9.80 Å². The van der Waals surface area contributed by atoms with Crippen LogP contribution in [0.3, 0.4) is 0 Å². The first kappa shape index (κ1) is 19.5. The molecule has 1 aromatic carbocycles. The zero-order valence-corrected chi connectivity index (χ0v) is 16.5. The minimum atomic E-state index is -0.405. The SMILES string of the molecule is CCC(C)Oc1ccc(/C=C2\SC(=O)N(CC(=O)N3CCCC3)C2=O)cc1. The zero-order valence-electron chi connectivity index (χ0n) is 15.6. The topological polar surface area (TPSA) is 66.9 Å². The molecule has 7 heteroatoms. The van der Waals surface area contributed by atoms with E-state index in [4.69, 9.17) is 4.74 Å². The third-order valence-corrected chi connectivity index (χ3v) is 5.62. The van der Waals surface area contributed by atoms with E-state index < -0.39 is 11.1 Å². The number of nitrogens with zero attached hydrogens (tertiary/aromatic N) is 2. The Labute approximate surface area is 163 Å². The van der Waals surface area contributed by atoms with Crippen molar-refractivity contribution in [3.63, 3.8) is 0 Å². The molecule has 2 fully saturated rings. The predicted octanol–water partition coefficient (Wildman–Crippen LogP) is 3.52. The van der Waals surface area contributed by atoms with Crippen molar-refractivity contribution < 1.29 is 19.1 Å². The van der Waals surface area contributed by atoms with Gasteiger partial charge < -0.3 is 9.64 Å². The third-order valence-electron chi connectivity index (χ3n) is 4.72. The number of rotatable bonds is 6. The second kappa shape index (κ2) is 8.61. The van der Waals surface area contributed by atoms with Crippen LogP contribution in [-0.4, -0.2) is 52.6 Å². The van der Waals surface area contributed by atoms with Gasteiger partial charge in [-0.1, -0.05) is 19.1 Å². The fourth-order valence-electron chi connectivity index (χ4n) is 2.95. The summed E-state index contributed by atoms with van der Waals surface area (Å²) in [4.78, 5) is 40.1. The molecule has 2 aliphatic heterocycles. The average molecular weight is 388 g/mol. The fourth-order valence-corrected chi connectivity index (χ4v) is 3.79. The molecule has 0 N–H and O–H groups in total. The molecule has 0 aliphatic carbocycles. The van der Waals surface area contributed by atoms with Crippen LogP contribution in [0.25, 0.3) is 6.08 Å². The molecule has 0 radical (unpaired) electrons. The van der Waals surface area contributed by atoms with E-state index in [1.165, 1.54) is 0 Å². The first-order valence-electron chi connectivity index (χ1n) is 9.27. The molecule has 2 heterocycles. The van der Waals surface area contributed by atoms with Gasteiger partial charge in [0.1, 0.15) is 12.3 Å². The molecule has 1 aromatic rings. The molecule has 2 saturated heterocycles. The highest BCUT2D eigenvalue weighted by Gasteiger charge is 2.37. The van der Waals surface area contributed by atoms with Gasteiger partial charge in [-0.05, 0) is 61.7 Å². The van der Waals surface area contributed by atoms with E-state index in [1.807, 2.05) is 31.2 Å². The minimum Gasteiger partial charge on any atom is -0.491 e. The Kier molecular flexibility index (Phi) is 6.21. The molecule has 6 nitrogen and oxygen atoms in total. The van der Waals surface area contributed by atoms with Crippen molar-refractivity contribution in [3.8, 4) is 5.75 Å². The van der Waals surface area contributed by atoms with Gasteiger partial charge in [-0.25, -0.2) is 0 Å². The summed E-state index contributed by atoms with van der Waals surface area (Å²) in [5.41, 5.74) is 0.808. The molecular formula is C20H24N2O4S. The molecule has 1 unspecified atom stereocenters. The van der Waals surface area contributed by atoms with Gasteiger partial charge in [-0.15, -0.1) is 0 Å². The Hall–Kier alpha value is -2.28. The Morgan fingerprint density at radius 3 is 2.52 bits per heavy atom. The number of carbonyl (C=O) groups is 3. The van der Waals surface area contributed by atoms with Crippen LogP contribution in [0.15, 0.2) is 29.2 Å². The Bertz CT molecular complexity index is 754. The standard InChI is InChI=1S/C20H24N2O4S/c1-3-14(2)26-16-8-6-15(7-9-16)12-17-19(24)22(20(25)27-17)13-18(23)21-10-4-5-11-21/h6-9,12,14H,3-5,10-11,13H2,1-2H3/b17-12-. The number of thioether (sulfide) groups is 1. The quantitative estimate of drug-likeness (QED) is 0.698. The van der Waals surface area contributed by atoms with Crippen LogP contribution >= 0.6 is 11.8 Å². The van der Waals surface area contributed by atoms with Crippen LogP contribution in [0.2, 0.25) is 0 Å². The fraction of sp³-hybridized carbons (Fsp3) is 0.450. The number of imide groups is 1. The van der Waals surface area contributed by atoms with Crippen molar-refractivity contribution >= 4 is 34.9 Å². The second-order valence-electron chi connectivity index (χ2n) is 6.76. The molecule has 0 saturated carbocycles. The van der Waals surface area contributed by atoms with Gasteiger partial charge in [-0.2, -0.15) is 0 Å². The number of benzene rings is 1. The van der Waals surface area contributed by atoms with Crippen molar-refractivity contribution in [3.05, 3.63) is 34.7 Å². The van der Waals surface area contributed by atoms with Crippen molar-refractivity contribution in [2.24, 2.45) is 0 Å². The normalized spacial score (nSPS) is 19.9. The van der Waals surface area contributed by atoms with E-state index >= 15 is 0 Å². The first-order chi connectivity index (χ1) is 13.0. The molecule has 3 amide bonds. The number of hydrogen-bond donors (Lipinski definition) is 0. The molecule has 2 aliphatic rings. The van der Waals surface area contributed by atoms with Crippen molar-refractivity contribution in [2.45, 2.75) is 39.2 Å². The summed E-state index contributed by atoms with van der Waals surface area (Å²) in [5.74, 6) is 0.200. The van der Waals surface area contributed by atoms with E-state index in [9.17, 15) is 14.4 Å². The van der Waals surface area contributed by atoms with Gasteiger partial charge in [0.25, 0.3) is 11.1 Å². The van der Waals surface area contributed by atoms with Crippen LogP contribution in [0, 0.1) is 0 Å². The van der Waals surface area contributed by atoms with Gasteiger partial charge in [0.15, 0.2) is 0 Å². The first-order valence-corrected chi connectivity index (χ1v) is 10.1. The smallest absolute Gasteiger partial charge is 0.294 e. The maximum Gasteiger partial charge on any atom is 0.294 e. The molecule has 27 heavy (non-hydrogen) atoms. The summed E-state index contributed by atoms with van der Waals surface area (Å²) < 4.78 is 5.74. The molecule has 144 valence electrons. The number of amides is 3. The lowest BCUT2D eigenvalue weighted by atomic mass is 10.2. The summed E-state index contributed by atoms with van der Waals surface area (Å²) in [6.45, 7) is 5.30. The summed E-state index contributed by atoms with van der Waals surface area (Å²) in [7, 11) is 0. The lowest BCUT2D eigenvalue weighted by Gasteiger charge is -2.18. The highest BCUT2D eigenvalue weighted by atomic mass is 32.2. The highest BCUT2D eigenvalue weighted by Crippen LogP contribution is 2.32. The predicted molar refractivity (Wildman–Crippen MR) is 105 cm³/mol. The van der Waals surface area contributed by atoms with E-state index in [1.54, 1.807) is 11.0 Å². The monoisotopic (exact) mass is 388 g/mol. The third kappa shape index (κ3) is 4.71. The molecule has 1 atom stereocenters. The molecule has 3 rings (SSSR count). The maximum absolute atomic E-state index is 12.5. The number of likely N-dealkylation sites (tertiary alicyclic amines) is 1. The van der Waals surface area contributed by atoms with Gasteiger partial charge in [-0.3, -0.25) is 19.3 Å². The number of carbonyl (C=O) groups excluding carboxylic acids is 3. The van der Waals surface area contributed by atoms with Crippen LogP contribution in [0.1, 0.15) is 38.7 Å². The zero-order chi connectivity index (χ0) is 19.4. The molecular weight excluding hydrogens is 364 g/mol. The maximum atomic E-state index is 12.5.